The Morgan fingerprint density at radius 2 is 1.70 bits per heavy atom. The minimum absolute atomic E-state index is 0.0121. The second-order valence-corrected chi connectivity index (χ2v) is 13.2. The van der Waals surface area contributed by atoms with Crippen molar-refractivity contribution in [3.05, 3.63) is 88.6 Å². The average Bonchev–Trinajstić information content (AvgIpc) is 3.84. The topological polar surface area (TPSA) is 105 Å². The second kappa shape index (κ2) is 10.9. The molecule has 6 rings (SSSR count). The number of rotatable bonds is 6. The Kier molecular flexibility index (Phi) is 7.31. The van der Waals surface area contributed by atoms with Crippen LogP contribution < -0.4 is 10.6 Å². The van der Waals surface area contributed by atoms with E-state index in [1.807, 2.05) is 0 Å². The molecule has 1 saturated heterocycles. The molecular formula is C31H28F3N5O4S. The third-order valence-electron chi connectivity index (χ3n) is 8.08. The Labute approximate surface area is 251 Å². The molecule has 1 aliphatic heterocycles. The highest BCUT2D eigenvalue weighted by molar-refractivity contribution is 7.92. The van der Waals surface area contributed by atoms with Gasteiger partial charge in [0.1, 0.15) is 23.1 Å². The molecule has 2 aromatic heterocycles. The van der Waals surface area contributed by atoms with Gasteiger partial charge in [0.15, 0.2) is 21.3 Å². The maximum Gasteiger partial charge on any atom is 0.355 e. The molecule has 2 fully saturated rings. The molecule has 0 spiro atoms. The molecule has 1 aliphatic carbocycles. The number of aryl methyl sites for hydroxylation is 1. The summed E-state index contributed by atoms with van der Waals surface area (Å²) in [5, 5.41) is -0.586. The van der Waals surface area contributed by atoms with E-state index >= 15 is 4.39 Å². The van der Waals surface area contributed by atoms with Crippen LogP contribution in [0.2, 0.25) is 0 Å². The SMILES string of the molecule is C=CC(=O)N1CCN(c2nc(=O)n(-c3c(C)cccc3S(=O)(=O)C3CC3)c3nc(-c4c(F)cccc4F)c(F)cc23)[C@@H](C)C1. The molecule has 228 valence electrons. The van der Waals surface area contributed by atoms with Crippen molar-refractivity contribution in [3.63, 3.8) is 0 Å². The highest BCUT2D eigenvalue weighted by atomic mass is 32.2. The predicted octanol–water partition coefficient (Wildman–Crippen LogP) is 4.33. The lowest BCUT2D eigenvalue weighted by Gasteiger charge is -2.40. The zero-order chi connectivity index (χ0) is 31.5. The molecule has 1 amide bonds. The zero-order valence-corrected chi connectivity index (χ0v) is 24.7. The van der Waals surface area contributed by atoms with Gasteiger partial charge in [-0.05, 0) is 62.6 Å². The number of amides is 1. The van der Waals surface area contributed by atoms with Crippen LogP contribution >= 0.6 is 0 Å². The van der Waals surface area contributed by atoms with E-state index in [-0.39, 0.29) is 59.0 Å². The van der Waals surface area contributed by atoms with Crippen LogP contribution in [-0.4, -0.2) is 64.7 Å². The smallest absolute Gasteiger partial charge is 0.350 e. The number of hydrogen-bond acceptors (Lipinski definition) is 7. The summed E-state index contributed by atoms with van der Waals surface area (Å²) >= 11 is 0. The minimum atomic E-state index is -3.86. The second-order valence-electron chi connectivity index (χ2n) is 11.0. The van der Waals surface area contributed by atoms with E-state index in [1.54, 1.807) is 35.8 Å². The van der Waals surface area contributed by atoms with Gasteiger partial charge in [0.05, 0.1) is 26.8 Å². The largest absolute Gasteiger partial charge is 0.355 e. The van der Waals surface area contributed by atoms with Gasteiger partial charge in [0.25, 0.3) is 0 Å². The van der Waals surface area contributed by atoms with Crippen LogP contribution in [-0.2, 0) is 14.6 Å². The number of aromatic nitrogens is 3. The maximum absolute atomic E-state index is 15.8. The van der Waals surface area contributed by atoms with Crippen molar-refractivity contribution in [1.82, 2.24) is 19.4 Å². The van der Waals surface area contributed by atoms with E-state index in [0.717, 1.165) is 28.8 Å². The summed E-state index contributed by atoms with van der Waals surface area (Å²) in [5.74, 6) is -3.42. The standard InChI is InChI=1S/C31H28F3N5O4S/c1-4-25(40)37-13-14-38(18(3)16-37)29-20-15-23(34)27(26-21(32)8-6-9-22(26)33)35-30(20)39(31(41)36-29)28-17(2)7-5-10-24(28)44(42,43)19-11-12-19/h4-10,15,18-19H,1,11-14,16H2,2-3H3/t18-/m0/s1. The van der Waals surface area contributed by atoms with E-state index in [1.165, 1.54) is 12.1 Å². The summed E-state index contributed by atoms with van der Waals surface area (Å²) in [6, 6.07) is 8.24. The fraction of sp³-hybridized carbons (Fsp3) is 0.290. The van der Waals surface area contributed by atoms with Gasteiger partial charge < -0.3 is 9.80 Å². The maximum atomic E-state index is 15.8. The number of para-hydroxylation sites is 1. The number of fused-ring (bicyclic) bond motifs is 1. The molecule has 0 unspecified atom stereocenters. The van der Waals surface area contributed by atoms with E-state index in [4.69, 9.17) is 0 Å². The Morgan fingerprint density at radius 1 is 1.02 bits per heavy atom. The summed E-state index contributed by atoms with van der Waals surface area (Å²) in [4.78, 5) is 38.0. The highest BCUT2D eigenvalue weighted by Crippen LogP contribution is 2.38. The number of sulfone groups is 1. The van der Waals surface area contributed by atoms with Crippen LogP contribution in [0.5, 0.6) is 0 Å². The van der Waals surface area contributed by atoms with Crippen molar-refractivity contribution in [2.24, 2.45) is 0 Å². The van der Waals surface area contributed by atoms with Gasteiger partial charge in [-0.1, -0.05) is 24.8 Å². The molecule has 2 aliphatic rings. The number of pyridine rings is 1. The third kappa shape index (κ3) is 4.84. The zero-order valence-electron chi connectivity index (χ0n) is 23.9. The first-order valence-corrected chi connectivity index (χ1v) is 15.6. The molecule has 0 N–H and O–H groups in total. The summed E-state index contributed by atoms with van der Waals surface area (Å²) in [5.41, 5.74) is -2.17. The Hall–Kier alpha value is -4.52. The number of piperazine rings is 1. The number of halogens is 3. The van der Waals surface area contributed by atoms with E-state index in [2.05, 4.69) is 16.5 Å². The molecule has 0 bridgehead atoms. The molecule has 44 heavy (non-hydrogen) atoms. The first kappa shape index (κ1) is 29.5. The fourth-order valence-corrected chi connectivity index (χ4v) is 7.64. The average molecular weight is 624 g/mol. The molecule has 9 nitrogen and oxygen atoms in total. The van der Waals surface area contributed by atoms with Gasteiger partial charge in [-0.3, -0.25) is 4.79 Å². The fourth-order valence-electron chi connectivity index (χ4n) is 5.73. The Bertz CT molecular complexity index is 2010. The third-order valence-corrected chi connectivity index (χ3v) is 10.4. The monoisotopic (exact) mass is 623 g/mol. The number of carbonyl (C=O) groups is 1. The first-order valence-electron chi connectivity index (χ1n) is 14.0. The lowest BCUT2D eigenvalue weighted by Crippen LogP contribution is -2.54. The Morgan fingerprint density at radius 3 is 2.34 bits per heavy atom. The van der Waals surface area contributed by atoms with Gasteiger partial charge in [0, 0.05) is 25.7 Å². The van der Waals surface area contributed by atoms with Gasteiger partial charge in [-0.15, -0.1) is 0 Å². The van der Waals surface area contributed by atoms with Gasteiger partial charge in [-0.25, -0.2) is 35.9 Å². The lowest BCUT2D eigenvalue weighted by molar-refractivity contribution is -0.126. The van der Waals surface area contributed by atoms with Crippen LogP contribution in [0.25, 0.3) is 28.0 Å². The van der Waals surface area contributed by atoms with Crippen molar-refractivity contribution in [1.29, 1.82) is 0 Å². The summed E-state index contributed by atoms with van der Waals surface area (Å²) in [6.07, 6.45) is 2.15. The van der Waals surface area contributed by atoms with Gasteiger partial charge >= 0.3 is 5.69 Å². The first-order chi connectivity index (χ1) is 20.9. The van der Waals surface area contributed by atoms with Crippen LogP contribution in [0.15, 0.2) is 64.8 Å². The number of hydrogen-bond donors (Lipinski definition) is 0. The minimum Gasteiger partial charge on any atom is -0.350 e. The van der Waals surface area contributed by atoms with Crippen LogP contribution in [0.3, 0.4) is 0 Å². The van der Waals surface area contributed by atoms with E-state index < -0.39 is 49.5 Å². The number of nitrogens with zero attached hydrogens (tertiary/aromatic N) is 5. The lowest BCUT2D eigenvalue weighted by atomic mass is 10.1. The van der Waals surface area contributed by atoms with E-state index in [0.29, 0.717) is 18.4 Å². The summed E-state index contributed by atoms with van der Waals surface area (Å²) in [7, 11) is -3.86. The normalized spacial score (nSPS) is 17.2. The van der Waals surface area contributed by atoms with Crippen molar-refractivity contribution in [2.45, 2.75) is 42.9 Å². The quantitative estimate of drug-likeness (QED) is 0.295. The van der Waals surface area contributed by atoms with Crippen LogP contribution in [0.4, 0.5) is 19.0 Å². The summed E-state index contributed by atoms with van der Waals surface area (Å²) in [6.45, 7) is 7.69. The molecule has 13 heteroatoms. The van der Waals surface area contributed by atoms with E-state index in [9.17, 15) is 26.8 Å². The Balaban J connectivity index is 1.66. The molecule has 3 heterocycles. The number of anilines is 1. The van der Waals surface area contributed by atoms with Crippen molar-refractivity contribution in [3.8, 4) is 16.9 Å². The van der Waals surface area contributed by atoms with Crippen molar-refractivity contribution in [2.75, 3.05) is 24.5 Å². The molecule has 4 aromatic rings. The van der Waals surface area contributed by atoms with Gasteiger partial charge in [0.2, 0.25) is 5.91 Å². The number of benzene rings is 2. The molecule has 1 saturated carbocycles. The predicted molar refractivity (Wildman–Crippen MR) is 159 cm³/mol. The summed E-state index contributed by atoms with van der Waals surface area (Å²) < 4.78 is 73.7. The van der Waals surface area contributed by atoms with Crippen molar-refractivity contribution < 1.29 is 26.4 Å². The van der Waals surface area contributed by atoms with Crippen LogP contribution in [0, 0.1) is 24.4 Å². The molecule has 0 radical (unpaired) electrons. The highest BCUT2D eigenvalue weighted by Gasteiger charge is 2.39. The molecule has 1 atom stereocenters. The van der Waals surface area contributed by atoms with Gasteiger partial charge in [-0.2, -0.15) is 4.98 Å². The van der Waals surface area contributed by atoms with Crippen molar-refractivity contribution >= 4 is 32.6 Å². The van der Waals surface area contributed by atoms with Crippen LogP contribution in [0.1, 0.15) is 25.3 Å². The molecular weight excluding hydrogens is 595 g/mol. The number of carbonyl (C=O) groups excluding carboxylic acids is 1. The molecule has 2 aromatic carbocycles.